The smallest absolute Gasteiger partial charge is 0.123 e. The molecule has 0 radical (unpaired) electrons. The van der Waals surface area contributed by atoms with Crippen LogP contribution in [-0.4, -0.2) is 10.9 Å². The Kier molecular flexibility index (Phi) is 3.59. The molecule has 2 heteroatoms. The van der Waals surface area contributed by atoms with E-state index in [-0.39, 0.29) is 5.60 Å². The molecule has 0 atom stereocenters. The molecule has 0 N–H and O–H groups in total. The van der Waals surface area contributed by atoms with E-state index in [1.807, 2.05) is 6.07 Å². The molecule has 0 aliphatic carbocycles. The Balaban J connectivity index is 2.87. The van der Waals surface area contributed by atoms with Gasteiger partial charge in [0.05, 0.1) is 0 Å². The summed E-state index contributed by atoms with van der Waals surface area (Å²) in [5.74, 6) is 0.972. The quantitative estimate of drug-likeness (QED) is 0.747. The Labute approximate surface area is 94.6 Å². The minimum absolute atomic E-state index is 0.153. The summed E-state index contributed by atoms with van der Waals surface area (Å²) in [6, 6.07) is 6.25. The zero-order chi connectivity index (χ0) is 10.8. The summed E-state index contributed by atoms with van der Waals surface area (Å²) in [6.45, 7) is 8.31. The second-order valence-corrected chi connectivity index (χ2v) is 4.83. The minimum atomic E-state index is -0.153. The monoisotopic (exact) mass is 256 g/mol. The van der Waals surface area contributed by atoms with Crippen LogP contribution in [0.15, 0.2) is 18.2 Å². The third-order valence-electron chi connectivity index (χ3n) is 2.04. The third kappa shape index (κ3) is 3.02. The maximum absolute atomic E-state index is 5.89. The molecule has 0 aliphatic rings. The fourth-order valence-corrected chi connectivity index (χ4v) is 1.35. The lowest BCUT2D eigenvalue weighted by Crippen LogP contribution is -2.30. The van der Waals surface area contributed by atoms with E-state index in [9.17, 15) is 0 Å². The fraction of sp³-hybridized carbons (Fsp3) is 0.500. The van der Waals surface area contributed by atoms with Crippen molar-refractivity contribution in [2.45, 2.75) is 33.3 Å². The average Bonchev–Trinajstić information content (AvgIpc) is 2.10. The van der Waals surface area contributed by atoms with Gasteiger partial charge in [-0.25, -0.2) is 0 Å². The highest BCUT2D eigenvalue weighted by Gasteiger charge is 2.18. The van der Waals surface area contributed by atoms with Crippen molar-refractivity contribution in [3.05, 3.63) is 29.3 Å². The Morgan fingerprint density at radius 1 is 1.29 bits per heavy atom. The van der Waals surface area contributed by atoms with Crippen molar-refractivity contribution >= 4 is 15.9 Å². The number of hydrogen-bond acceptors (Lipinski definition) is 1. The van der Waals surface area contributed by atoms with Crippen LogP contribution in [0.3, 0.4) is 0 Å². The van der Waals surface area contributed by atoms with Crippen molar-refractivity contribution in [1.29, 1.82) is 0 Å². The summed E-state index contributed by atoms with van der Waals surface area (Å²) in [7, 11) is 0. The van der Waals surface area contributed by atoms with Gasteiger partial charge in [-0.3, -0.25) is 0 Å². The normalized spacial score (nSPS) is 11.5. The van der Waals surface area contributed by atoms with E-state index in [2.05, 4.69) is 55.8 Å². The molecule has 0 fully saturated rings. The number of benzene rings is 1. The molecule has 1 aromatic rings. The van der Waals surface area contributed by atoms with Crippen molar-refractivity contribution in [2.24, 2.45) is 0 Å². The third-order valence-corrected chi connectivity index (χ3v) is 3.39. The standard InChI is InChI=1S/C12H17BrO/c1-9-5-6-11(10(2)7-9)14-12(3,4)8-13/h5-7H,8H2,1-4H3. The number of rotatable bonds is 3. The molecule has 1 nitrogen and oxygen atoms in total. The van der Waals surface area contributed by atoms with E-state index >= 15 is 0 Å². The molecule has 78 valence electrons. The lowest BCUT2D eigenvalue weighted by Gasteiger charge is -2.25. The summed E-state index contributed by atoms with van der Waals surface area (Å²) in [5.41, 5.74) is 2.31. The van der Waals surface area contributed by atoms with E-state index in [1.165, 1.54) is 11.1 Å². The van der Waals surface area contributed by atoms with E-state index in [0.29, 0.717) is 0 Å². The number of aryl methyl sites for hydroxylation is 2. The summed E-state index contributed by atoms with van der Waals surface area (Å²) in [4.78, 5) is 0. The van der Waals surface area contributed by atoms with Crippen LogP contribution in [0.1, 0.15) is 25.0 Å². The number of halogens is 1. The zero-order valence-electron chi connectivity index (χ0n) is 9.23. The van der Waals surface area contributed by atoms with Gasteiger partial charge in [0.2, 0.25) is 0 Å². The lowest BCUT2D eigenvalue weighted by atomic mass is 10.1. The van der Waals surface area contributed by atoms with Crippen LogP contribution in [0.4, 0.5) is 0 Å². The van der Waals surface area contributed by atoms with Crippen LogP contribution in [0.25, 0.3) is 0 Å². The molecule has 0 amide bonds. The van der Waals surface area contributed by atoms with E-state index in [0.717, 1.165) is 11.1 Å². The lowest BCUT2D eigenvalue weighted by molar-refractivity contribution is 0.136. The molecule has 0 unspecified atom stereocenters. The van der Waals surface area contributed by atoms with E-state index in [4.69, 9.17) is 4.74 Å². The first kappa shape index (κ1) is 11.6. The van der Waals surface area contributed by atoms with Gasteiger partial charge in [0, 0.05) is 5.33 Å². The van der Waals surface area contributed by atoms with Crippen LogP contribution < -0.4 is 4.74 Å². The SMILES string of the molecule is Cc1ccc(OC(C)(C)CBr)c(C)c1. The van der Waals surface area contributed by atoms with E-state index < -0.39 is 0 Å². The largest absolute Gasteiger partial charge is 0.487 e. The van der Waals surface area contributed by atoms with Gasteiger partial charge in [-0.2, -0.15) is 0 Å². The van der Waals surface area contributed by atoms with Gasteiger partial charge in [-0.05, 0) is 39.3 Å². The molecule has 1 rings (SSSR count). The second-order valence-electron chi connectivity index (χ2n) is 4.26. The van der Waals surface area contributed by atoms with Gasteiger partial charge in [-0.1, -0.05) is 33.6 Å². The van der Waals surface area contributed by atoms with Crippen LogP contribution in [0.2, 0.25) is 0 Å². The van der Waals surface area contributed by atoms with Gasteiger partial charge in [0.1, 0.15) is 11.4 Å². The molecule has 0 spiro atoms. The molecule has 0 heterocycles. The Hall–Kier alpha value is -0.500. The van der Waals surface area contributed by atoms with Crippen molar-refractivity contribution < 1.29 is 4.74 Å². The number of alkyl halides is 1. The highest BCUT2D eigenvalue weighted by molar-refractivity contribution is 9.09. The molecule has 0 aromatic heterocycles. The average molecular weight is 257 g/mol. The van der Waals surface area contributed by atoms with Crippen LogP contribution in [0.5, 0.6) is 5.75 Å². The molecule has 0 saturated heterocycles. The van der Waals surface area contributed by atoms with Gasteiger partial charge < -0.3 is 4.74 Å². The predicted octanol–water partition coefficient (Wildman–Crippen LogP) is 3.86. The fourth-order valence-electron chi connectivity index (χ4n) is 1.24. The van der Waals surface area contributed by atoms with Gasteiger partial charge >= 0.3 is 0 Å². The first-order chi connectivity index (χ1) is 6.44. The van der Waals surface area contributed by atoms with Crippen molar-refractivity contribution in [2.75, 3.05) is 5.33 Å². The van der Waals surface area contributed by atoms with Crippen molar-refractivity contribution in [1.82, 2.24) is 0 Å². The number of hydrogen-bond donors (Lipinski definition) is 0. The molecule has 1 aromatic carbocycles. The summed E-state index contributed by atoms with van der Waals surface area (Å²) < 4.78 is 5.89. The minimum Gasteiger partial charge on any atom is -0.487 e. The van der Waals surface area contributed by atoms with Gasteiger partial charge in [0.15, 0.2) is 0 Å². The van der Waals surface area contributed by atoms with Crippen molar-refractivity contribution in [3.8, 4) is 5.75 Å². The van der Waals surface area contributed by atoms with E-state index in [1.54, 1.807) is 0 Å². The molecule has 14 heavy (non-hydrogen) atoms. The molecule has 0 saturated carbocycles. The highest BCUT2D eigenvalue weighted by atomic mass is 79.9. The number of ether oxygens (including phenoxy) is 1. The highest BCUT2D eigenvalue weighted by Crippen LogP contribution is 2.24. The predicted molar refractivity (Wildman–Crippen MR) is 64.4 cm³/mol. The second kappa shape index (κ2) is 4.35. The van der Waals surface area contributed by atoms with Crippen LogP contribution in [0, 0.1) is 13.8 Å². The van der Waals surface area contributed by atoms with Crippen LogP contribution in [-0.2, 0) is 0 Å². The van der Waals surface area contributed by atoms with Crippen molar-refractivity contribution in [3.63, 3.8) is 0 Å². The zero-order valence-corrected chi connectivity index (χ0v) is 10.8. The Morgan fingerprint density at radius 3 is 2.43 bits per heavy atom. The summed E-state index contributed by atoms with van der Waals surface area (Å²) in [5, 5.41) is 0.827. The molecular weight excluding hydrogens is 240 g/mol. The maximum atomic E-state index is 5.89. The summed E-state index contributed by atoms with van der Waals surface area (Å²) >= 11 is 3.44. The molecule has 0 aliphatic heterocycles. The van der Waals surface area contributed by atoms with Gasteiger partial charge in [0.25, 0.3) is 0 Å². The topological polar surface area (TPSA) is 9.23 Å². The van der Waals surface area contributed by atoms with Crippen LogP contribution >= 0.6 is 15.9 Å². The first-order valence-corrected chi connectivity index (χ1v) is 5.89. The maximum Gasteiger partial charge on any atom is 0.123 e. The Morgan fingerprint density at radius 2 is 1.93 bits per heavy atom. The first-order valence-electron chi connectivity index (χ1n) is 4.77. The summed E-state index contributed by atoms with van der Waals surface area (Å²) in [6.07, 6.45) is 0. The Bertz CT molecular complexity index is 318. The molecule has 0 bridgehead atoms. The van der Waals surface area contributed by atoms with Gasteiger partial charge in [-0.15, -0.1) is 0 Å². The molecular formula is C12H17BrO.